The van der Waals surface area contributed by atoms with Crippen LogP contribution < -0.4 is 0 Å². The number of hydrogen-bond acceptors (Lipinski definition) is 4. The van der Waals surface area contributed by atoms with Crippen LogP contribution in [-0.2, 0) is 17.9 Å². The van der Waals surface area contributed by atoms with Crippen LogP contribution in [0.15, 0.2) is 18.5 Å². The summed E-state index contributed by atoms with van der Waals surface area (Å²) in [7, 11) is 0. The van der Waals surface area contributed by atoms with Crippen molar-refractivity contribution in [2.24, 2.45) is 0 Å². The van der Waals surface area contributed by atoms with Crippen LogP contribution in [0.25, 0.3) is 0 Å². The fourth-order valence-corrected chi connectivity index (χ4v) is 2.19. The van der Waals surface area contributed by atoms with Crippen molar-refractivity contribution in [1.29, 1.82) is 0 Å². The maximum absolute atomic E-state index is 5.50. The Hall–Kier alpha value is -1.69. The van der Waals surface area contributed by atoms with Gasteiger partial charge < -0.3 is 9.30 Å². The van der Waals surface area contributed by atoms with Crippen LogP contribution in [0.2, 0.25) is 0 Å². The Morgan fingerprint density at radius 2 is 2.41 bits per heavy atom. The summed E-state index contributed by atoms with van der Waals surface area (Å²) in [6.45, 7) is 4.12. The SMILES string of the molecule is CCC1COCc2nnc(Cn3cccn3)n21. The summed E-state index contributed by atoms with van der Waals surface area (Å²) in [4.78, 5) is 0. The zero-order valence-electron chi connectivity index (χ0n) is 9.78. The summed E-state index contributed by atoms with van der Waals surface area (Å²) in [5.41, 5.74) is 0. The lowest BCUT2D eigenvalue weighted by atomic mass is 10.2. The molecular weight excluding hydrogens is 218 g/mol. The van der Waals surface area contributed by atoms with Crippen molar-refractivity contribution in [3.05, 3.63) is 30.1 Å². The number of nitrogens with zero attached hydrogens (tertiary/aromatic N) is 5. The Morgan fingerprint density at radius 3 is 3.18 bits per heavy atom. The number of fused-ring (bicyclic) bond motifs is 1. The molecule has 3 heterocycles. The Balaban J connectivity index is 1.93. The first-order chi connectivity index (χ1) is 8.38. The Bertz CT molecular complexity index is 490. The summed E-state index contributed by atoms with van der Waals surface area (Å²) in [6.07, 6.45) is 4.73. The molecule has 0 N–H and O–H groups in total. The molecule has 0 bridgehead atoms. The first-order valence-electron chi connectivity index (χ1n) is 5.86. The lowest BCUT2D eigenvalue weighted by molar-refractivity contribution is 0.0522. The van der Waals surface area contributed by atoms with Gasteiger partial charge in [-0.2, -0.15) is 5.10 Å². The van der Waals surface area contributed by atoms with Crippen LogP contribution in [0.4, 0.5) is 0 Å². The highest BCUT2D eigenvalue weighted by Crippen LogP contribution is 2.22. The molecule has 6 nitrogen and oxygen atoms in total. The first-order valence-corrected chi connectivity index (χ1v) is 5.86. The van der Waals surface area contributed by atoms with Crippen molar-refractivity contribution >= 4 is 0 Å². The molecule has 0 aliphatic carbocycles. The Labute approximate surface area is 99.2 Å². The molecule has 6 heteroatoms. The molecule has 1 atom stereocenters. The zero-order chi connectivity index (χ0) is 11.7. The molecule has 0 saturated heterocycles. The number of ether oxygens (including phenoxy) is 1. The van der Waals surface area contributed by atoms with Gasteiger partial charge in [-0.05, 0) is 12.5 Å². The van der Waals surface area contributed by atoms with Crippen LogP contribution in [0.5, 0.6) is 0 Å². The van der Waals surface area contributed by atoms with E-state index >= 15 is 0 Å². The van der Waals surface area contributed by atoms with Gasteiger partial charge in [-0.25, -0.2) is 0 Å². The average molecular weight is 233 g/mol. The van der Waals surface area contributed by atoms with Gasteiger partial charge in [0.2, 0.25) is 0 Å². The van der Waals surface area contributed by atoms with Crippen LogP contribution in [0.1, 0.15) is 31.0 Å². The fourth-order valence-electron chi connectivity index (χ4n) is 2.19. The van der Waals surface area contributed by atoms with E-state index in [0.29, 0.717) is 19.2 Å². The summed E-state index contributed by atoms with van der Waals surface area (Å²) < 4.78 is 9.56. The fraction of sp³-hybridized carbons (Fsp3) is 0.545. The van der Waals surface area contributed by atoms with E-state index in [-0.39, 0.29) is 0 Å². The molecule has 0 fully saturated rings. The summed E-state index contributed by atoms with van der Waals surface area (Å²) in [6, 6.07) is 2.26. The van der Waals surface area contributed by atoms with Gasteiger partial charge in [0.15, 0.2) is 11.6 Å². The van der Waals surface area contributed by atoms with Gasteiger partial charge in [0.05, 0.1) is 12.6 Å². The normalized spacial score (nSPS) is 19.2. The van der Waals surface area contributed by atoms with Gasteiger partial charge in [0.1, 0.15) is 13.2 Å². The van der Waals surface area contributed by atoms with Crippen LogP contribution in [0, 0.1) is 0 Å². The molecule has 0 aromatic carbocycles. The maximum Gasteiger partial charge on any atom is 0.159 e. The second kappa shape index (κ2) is 4.29. The minimum atomic E-state index is 0.347. The lowest BCUT2D eigenvalue weighted by Crippen LogP contribution is -2.25. The molecule has 0 saturated carbocycles. The predicted octanol–water partition coefficient (Wildman–Crippen LogP) is 1.00. The monoisotopic (exact) mass is 233 g/mol. The molecule has 2 aromatic rings. The van der Waals surface area contributed by atoms with Gasteiger partial charge in [-0.1, -0.05) is 6.92 Å². The quantitative estimate of drug-likeness (QED) is 0.793. The van der Waals surface area contributed by atoms with Gasteiger partial charge in [-0.15, -0.1) is 10.2 Å². The van der Waals surface area contributed by atoms with E-state index in [2.05, 4.69) is 26.8 Å². The van der Waals surface area contributed by atoms with E-state index in [1.165, 1.54) is 0 Å². The van der Waals surface area contributed by atoms with Crippen molar-refractivity contribution in [3.63, 3.8) is 0 Å². The van der Waals surface area contributed by atoms with Crippen molar-refractivity contribution in [2.45, 2.75) is 32.5 Å². The van der Waals surface area contributed by atoms with E-state index in [1.54, 1.807) is 6.20 Å². The largest absolute Gasteiger partial charge is 0.371 e. The minimum absolute atomic E-state index is 0.347. The van der Waals surface area contributed by atoms with Crippen molar-refractivity contribution < 1.29 is 4.74 Å². The average Bonchev–Trinajstić information content (AvgIpc) is 2.99. The first kappa shape index (κ1) is 10.5. The Morgan fingerprint density at radius 1 is 1.47 bits per heavy atom. The lowest BCUT2D eigenvalue weighted by Gasteiger charge is -2.25. The van der Waals surface area contributed by atoms with Crippen LogP contribution in [0.3, 0.4) is 0 Å². The maximum atomic E-state index is 5.50. The second-order valence-corrected chi connectivity index (χ2v) is 4.18. The smallest absolute Gasteiger partial charge is 0.159 e. The summed E-state index contributed by atoms with van der Waals surface area (Å²) in [5, 5.41) is 12.6. The second-order valence-electron chi connectivity index (χ2n) is 4.18. The number of rotatable bonds is 3. The van der Waals surface area contributed by atoms with Gasteiger partial charge in [-0.3, -0.25) is 4.68 Å². The predicted molar refractivity (Wildman–Crippen MR) is 60.3 cm³/mol. The van der Waals surface area contributed by atoms with E-state index in [1.807, 2.05) is 16.9 Å². The molecule has 1 aliphatic heterocycles. The summed E-state index contributed by atoms with van der Waals surface area (Å²) >= 11 is 0. The van der Waals surface area contributed by atoms with Crippen LogP contribution in [-0.4, -0.2) is 31.2 Å². The Kier molecular flexibility index (Phi) is 2.64. The number of hydrogen-bond donors (Lipinski definition) is 0. The van der Waals surface area contributed by atoms with Crippen molar-refractivity contribution in [1.82, 2.24) is 24.5 Å². The highest BCUT2D eigenvalue weighted by atomic mass is 16.5. The molecule has 2 aromatic heterocycles. The summed E-state index contributed by atoms with van der Waals surface area (Å²) in [5.74, 6) is 1.88. The molecule has 0 amide bonds. The third-order valence-corrected chi connectivity index (χ3v) is 3.08. The third kappa shape index (κ3) is 1.84. The van der Waals surface area contributed by atoms with Crippen molar-refractivity contribution in [2.75, 3.05) is 6.61 Å². The molecule has 1 unspecified atom stereocenters. The number of aromatic nitrogens is 5. The standard InChI is InChI=1S/C11H15N5O/c1-2-9-7-17-8-11-14-13-10(16(9)11)6-15-5-3-4-12-15/h3-5,9H,2,6-8H2,1H3. The van der Waals surface area contributed by atoms with E-state index in [0.717, 1.165) is 24.7 Å². The minimum Gasteiger partial charge on any atom is -0.371 e. The molecule has 0 spiro atoms. The van der Waals surface area contributed by atoms with Gasteiger partial charge in [0, 0.05) is 12.4 Å². The van der Waals surface area contributed by atoms with E-state index < -0.39 is 0 Å². The molecule has 0 radical (unpaired) electrons. The molecule has 1 aliphatic rings. The third-order valence-electron chi connectivity index (χ3n) is 3.08. The van der Waals surface area contributed by atoms with Crippen LogP contribution >= 0.6 is 0 Å². The zero-order valence-corrected chi connectivity index (χ0v) is 9.78. The molecular formula is C11H15N5O. The van der Waals surface area contributed by atoms with E-state index in [9.17, 15) is 0 Å². The molecule has 90 valence electrons. The van der Waals surface area contributed by atoms with E-state index in [4.69, 9.17) is 4.74 Å². The molecule has 17 heavy (non-hydrogen) atoms. The highest BCUT2D eigenvalue weighted by Gasteiger charge is 2.23. The topological polar surface area (TPSA) is 57.8 Å². The highest BCUT2D eigenvalue weighted by molar-refractivity contribution is 5.01. The van der Waals surface area contributed by atoms with Gasteiger partial charge in [0.25, 0.3) is 0 Å². The van der Waals surface area contributed by atoms with Gasteiger partial charge >= 0.3 is 0 Å². The molecule has 3 rings (SSSR count). The van der Waals surface area contributed by atoms with Crippen molar-refractivity contribution in [3.8, 4) is 0 Å².